The number of carbonyl (C=O) groups is 2. The molecule has 26 heavy (non-hydrogen) atoms. The number of carbonyl (C=O) groups excluding carboxylic acids is 2. The number of piperidine rings is 1. The fourth-order valence-electron chi connectivity index (χ4n) is 3.36. The normalized spacial score (nSPS) is 18.2. The number of amides is 2. The van der Waals surface area contributed by atoms with Crippen LogP contribution in [0, 0.1) is 5.92 Å². The van der Waals surface area contributed by atoms with E-state index >= 15 is 0 Å². The summed E-state index contributed by atoms with van der Waals surface area (Å²) in [5, 5.41) is 2.87. The Labute approximate surface area is 154 Å². The predicted molar refractivity (Wildman–Crippen MR) is 103 cm³/mol. The van der Waals surface area contributed by atoms with E-state index in [1.54, 1.807) is 24.3 Å². The van der Waals surface area contributed by atoms with E-state index < -0.39 is 0 Å². The van der Waals surface area contributed by atoms with Crippen LogP contribution in [0.1, 0.15) is 40.5 Å². The zero-order valence-corrected chi connectivity index (χ0v) is 15.0. The summed E-state index contributed by atoms with van der Waals surface area (Å²) in [5.74, 6) is 0.0380. The van der Waals surface area contributed by atoms with Crippen molar-refractivity contribution in [2.24, 2.45) is 11.7 Å². The number of anilines is 1. The number of benzene rings is 2. The first-order chi connectivity index (χ1) is 12.6. The number of nitrogens with one attached hydrogen (secondary N) is 1. The average Bonchev–Trinajstić information content (AvgIpc) is 2.68. The Morgan fingerprint density at radius 2 is 1.81 bits per heavy atom. The van der Waals surface area contributed by atoms with Gasteiger partial charge >= 0.3 is 0 Å². The lowest BCUT2D eigenvalue weighted by molar-refractivity contribution is 0.0662. The van der Waals surface area contributed by atoms with Gasteiger partial charge < -0.3 is 16.0 Å². The number of nitrogens with two attached hydrogens (primary N) is 1. The van der Waals surface area contributed by atoms with Crippen LogP contribution in [0.3, 0.4) is 0 Å². The van der Waals surface area contributed by atoms with Crippen LogP contribution in [-0.2, 0) is 0 Å². The summed E-state index contributed by atoms with van der Waals surface area (Å²) in [6.07, 6.45) is 2.00. The van der Waals surface area contributed by atoms with Gasteiger partial charge in [0.2, 0.25) is 0 Å². The molecule has 0 aliphatic carbocycles. The van der Waals surface area contributed by atoms with E-state index in [0.29, 0.717) is 29.3 Å². The third-order valence-corrected chi connectivity index (χ3v) is 4.93. The van der Waals surface area contributed by atoms with Gasteiger partial charge in [0.1, 0.15) is 0 Å². The largest absolute Gasteiger partial charge is 0.338 e. The summed E-state index contributed by atoms with van der Waals surface area (Å²) in [4.78, 5) is 27.3. The van der Waals surface area contributed by atoms with Crippen molar-refractivity contribution in [2.75, 3.05) is 18.4 Å². The van der Waals surface area contributed by atoms with Gasteiger partial charge in [0.05, 0.1) is 11.3 Å². The van der Waals surface area contributed by atoms with E-state index in [1.165, 1.54) is 0 Å². The first kappa shape index (κ1) is 18.1. The van der Waals surface area contributed by atoms with Gasteiger partial charge in [-0.3, -0.25) is 9.59 Å². The maximum Gasteiger partial charge on any atom is 0.255 e. The van der Waals surface area contributed by atoms with Crippen LogP contribution >= 0.6 is 0 Å². The molecular formula is C21H25N3O2. The van der Waals surface area contributed by atoms with Crippen LogP contribution in [0.25, 0.3) is 0 Å². The van der Waals surface area contributed by atoms with Crippen molar-refractivity contribution in [3.8, 4) is 0 Å². The fourth-order valence-corrected chi connectivity index (χ4v) is 3.36. The molecule has 2 atom stereocenters. The van der Waals surface area contributed by atoms with Crippen molar-refractivity contribution in [2.45, 2.75) is 25.8 Å². The molecule has 1 aliphatic heterocycles. The molecular weight excluding hydrogens is 326 g/mol. The summed E-state index contributed by atoms with van der Waals surface area (Å²) < 4.78 is 0. The molecule has 2 aromatic carbocycles. The van der Waals surface area contributed by atoms with Gasteiger partial charge in [0.15, 0.2) is 0 Å². The smallest absolute Gasteiger partial charge is 0.255 e. The topological polar surface area (TPSA) is 75.4 Å². The van der Waals surface area contributed by atoms with Gasteiger partial charge in [-0.05, 0) is 49.9 Å². The number of hydrogen-bond acceptors (Lipinski definition) is 3. The van der Waals surface area contributed by atoms with Gasteiger partial charge in [0.25, 0.3) is 11.8 Å². The number of para-hydroxylation sites is 1. The molecule has 2 unspecified atom stereocenters. The summed E-state index contributed by atoms with van der Waals surface area (Å²) in [6.45, 7) is 3.38. The molecule has 0 bridgehead atoms. The maximum atomic E-state index is 13.0. The third kappa shape index (κ3) is 4.11. The minimum absolute atomic E-state index is 0.0562. The highest BCUT2D eigenvalue weighted by Crippen LogP contribution is 2.24. The quantitative estimate of drug-likeness (QED) is 0.888. The summed E-state index contributed by atoms with van der Waals surface area (Å²) >= 11 is 0. The molecule has 1 heterocycles. The van der Waals surface area contributed by atoms with E-state index in [-0.39, 0.29) is 17.9 Å². The van der Waals surface area contributed by atoms with Crippen LogP contribution in [0.4, 0.5) is 5.69 Å². The lowest BCUT2D eigenvalue weighted by atomic mass is 9.91. The van der Waals surface area contributed by atoms with E-state index in [0.717, 1.165) is 19.4 Å². The number of rotatable bonds is 4. The van der Waals surface area contributed by atoms with Crippen molar-refractivity contribution in [1.82, 2.24) is 4.90 Å². The van der Waals surface area contributed by atoms with Crippen LogP contribution in [0.5, 0.6) is 0 Å². The molecule has 0 saturated carbocycles. The van der Waals surface area contributed by atoms with Gasteiger partial charge in [0, 0.05) is 24.7 Å². The maximum absolute atomic E-state index is 13.0. The van der Waals surface area contributed by atoms with Crippen LogP contribution in [0.15, 0.2) is 54.6 Å². The zero-order chi connectivity index (χ0) is 18.5. The van der Waals surface area contributed by atoms with E-state index in [4.69, 9.17) is 5.73 Å². The fraction of sp³-hybridized carbons (Fsp3) is 0.333. The van der Waals surface area contributed by atoms with E-state index in [9.17, 15) is 9.59 Å². The highest BCUT2D eigenvalue weighted by molar-refractivity contribution is 6.09. The molecule has 1 saturated heterocycles. The van der Waals surface area contributed by atoms with E-state index in [2.05, 4.69) is 5.32 Å². The van der Waals surface area contributed by atoms with Gasteiger partial charge in [-0.25, -0.2) is 0 Å². The van der Waals surface area contributed by atoms with Gasteiger partial charge in [-0.15, -0.1) is 0 Å². The van der Waals surface area contributed by atoms with Crippen molar-refractivity contribution in [3.63, 3.8) is 0 Å². The number of likely N-dealkylation sites (tertiary alicyclic amines) is 1. The van der Waals surface area contributed by atoms with Crippen LogP contribution in [0.2, 0.25) is 0 Å². The Hall–Kier alpha value is -2.66. The second-order valence-corrected chi connectivity index (χ2v) is 6.88. The Balaban J connectivity index is 1.78. The average molecular weight is 351 g/mol. The van der Waals surface area contributed by atoms with Gasteiger partial charge in [-0.1, -0.05) is 30.3 Å². The number of hydrogen-bond donors (Lipinski definition) is 2. The molecule has 3 N–H and O–H groups in total. The van der Waals surface area contributed by atoms with Crippen molar-refractivity contribution in [3.05, 3.63) is 65.7 Å². The standard InChI is InChI=1S/C21H25N3O2/c1-15(22)17-10-7-13-24(14-17)21(26)18-11-5-6-12-19(18)23-20(25)16-8-3-2-4-9-16/h2-6,8-9,11-12,15,17H,7,10,13-14,22H2,1H3,(H,23,25). The molecule has 3 rings (SSSR count). The van der Waals surface area contributed by atoms with Crippen LogP contribution in [-0.4, -0.2) is 35.8 Å². The zero-order valence-electron chi connectivity index (χ0n) is 15.0. The molecule has 1 fully saturated rings. The Bertz CT molecular complexity index is 774. The van der Waals surface area contributed by atoms with Crippen LogP contribution < -0.4 is 11.1 Å². The molecule has 5 heteroatoms. The van der Waals surface area contributed by atoms with Crippen molar-refractivity contribution < 1.29 is 9.59 Å². The molecule has 5 nitrogen and oxygen atoms in total. The second-order valence-electron chi connectivity index (χ2n) is 6.88. The summed E-state index contributed by atoms with van der Waals surface area (Å²) in [7, 11) is 0. The number of nitrogens with zero attached hydrogens (tertiary/aromatic N) is 1. The highest BCUT2D eigenvalue weighted by Gasteiger charge is 2.27. The van der Waals surface area contributed by atoms with Crippen molar-refractivity contribution >= 4 is 17.5 Å². The minimum atomic E-state index is -0.224. The molecule has 0 spiro atoms. The molecule has 0 radical (unpaired) electrons. The summed E-state index contributed by atoms with van der Waals surface area (Å²) in [5.41, 5.74) is 7.65. The molecule has 136 valence electrons. The third-order valence-electron chi connectivity index (χ3n) is 4.93. The highest BCUT2D eigenvalue weighted by atomic mass is 16.2. The van der Waals surface area contributed by atoms with E-state index in [1.807, 2.05) is 42.2 Å². The Morgan fingerprint density at radius 1 is 1.12 bits per heavy atom. The Morgan fingerprint density at radius 3 is 2.54 bits per heavy atom. The molecule has 2 amide bonds. The lowest BCUT2D eigenvalue weighted by Gasteiger charge is -2.35. The first-order valence-electron chi connectivity index (χ1n) is 9.06. The molecule has 2 aromatic rings. The lowest BCUT2D eigenvalue weighted by Crippen LogP contribution is -2.45. The monoisotopic (exact) mass is 351 g/mol. The summed E-state index contributed by atoms with van der Waals surface area (Å²) in [6, 6.07) is 16.2. The first-order valence-corrected chi connectivity index (χ1v) is 9.06. The van der Waals surface area contributed by atoms with Crippen molar-refractivity contribution in [1.29, 1.82) is 0 Å². The predicted octanol–water partition coefficient (Wildman–Crippen LogP) is 3.14. The Kier molecular flexibility index (Phi) is 5.68. The van der Waals surface area contributed by atoms with Gasteiger partial charge in [-0.2, -0.15) is 0 Å². The SMILES string of the molecule is CC(N)C1CCCN(C(=O)c2ccccc2NC(=O)c2ccccc2)C1. The molecule has 1 aliphatic rings. The second kappa shape index (κ2) is 8.15. The minimum Gasteiger partial charge on any atom is -0.338 e. The molecule has 0 aromatic heterocycles.